The summed E-state index contributed by atoms with van der Waals surface area (Å²) in [5.74, 6) is 0. The first-order valence-electron chi connectivity index (χ1n) is 4.44. The highest BCUT2D eigenvalue weighted by molar-refractivity contribution is 6.33. The van der Waals surface area contributed by atoms with Crippen molar-refractivity contribution in [3.05, 3.63) is 28.8 Å². The summed E-state index contributed by atoms with van der Waals surface area (Å²) in [4.78, 5) is 0. The fourth-order valence-corrected chi connectivity index (χ4v) is 1.89. The van der Waals surface area contributed by atoms with Crippen LogP contribution in [0.2, 0.25) is 5.02 Å². The summed E-state index contributed by atoms with van der Waals surface area (Å²) < 4.78 is 5.53. The summed E-state index contributed by atoms with van der Waals surface area (Å²) in [5.41, 5.74) is 7.36. The number of rotatable bonds is 1. The molecule has 1 aromatic rings. The summed E-state index contributed by atoms with van der Waals surface area (Å²) >= 11 is 6.07. The molecule has 1 aliphatic heterocycles. The van der Waals surface area contributed by atoms with E-state index in [0.29, 0.717) is 10.7 Å². The third-order valence-electron chi connectivity index (χ3n) is 2.34. The second kappa shape index (κ2) is 3.56. The molecule has 0 saturated carbocycles. The van der Waals surface area contributed by atoms with Crippen LogP contribution in [0.1, 0.15) is 24.5 Å². The lowest BCUT2D eigenvalue weighted by molar-refractivity contribution is 0.112. The van der Waals surface area contributed by atoms with Crippen LogP contribution >= 0.6 is 11.6 Å². The second-order valence-electron chi connectivity index (χ2n) is 3.25. The molecule has 0 aliphatic carbocycles. The van der Waals surface area contributed by atoms with Crippen LogP contribution in [0.5, 0.6) is 0 Å². The summed E-state index contributed by atoms with van der Waals surface area (Å²) in [6, 6.07) is 5.70. The van der Waals surface area contributed by atoms with Crippen LogP contribution < -0.4 is 5.73 Å². The molecule has 1 saturated heterocycles. The quantitative estimate of drug-likeness (QED) is 0.703. The van der Waals surface area contributed by atoms with Gasteiger partial charge in [0.15, 0.2) is 0 Å². The topological polar surface area (TPSA) is 35.2 Å². The minimum Gasteiger partial charge on any atom is -0.398 e. The van der Waals surface area contributed by atoms with E-state index in [1.165, 1.54) is 0 Å². The van der Waals surface area contributed by atoms with Crippen LogP contribution in [-0.2, 0) is 4.74 Å². The molecular weight excluding hydrogens is 186 g/mol. The third-order valence-corrected chi connectivity index (χ3v) is 2.77. The van der Waals surface area contributed by atoms with Crippen molar-refractivity contribution in [3.8, 4) is 0 Å². The molecule has 2 nitrogen and oxygen atoms in total. The Kier molecular flexibility index (Phi) is 2.42. The van der Waals surface area contributed by atoms with E-state index in [2.05, 4.69) is 0 Å². The molecule has 3 heteroatoms. The smallest absolute Gasteiger partial charge is 0.0840 e. The first kappa shape index (κ1) is 8.85. The van der Waals surface area contributed by atoms with Gasteiger partial charge in [-0.1, -0.05) is 23.7 Å². The number of benzene rings is 1. The summed E-state index contributed by atoms with van der Waals surface area (Å²) in [7, 11) is 0. The van der Waals surface area contributed by atoms with Gasteiger partial charge in [0.05, 0.1) is 16.8 Å². The van der Waals surface area contributed by atoms with Gasteiger partial charge in [0.1, 0.15) is 0 Å². The van der Waals surface area contributed by atoms with Crippen molar-refractivity contribution in [2.24, 2.45) is 0 Å². The molecule has 70 valence electrons. The van der Waals surface area contributed by atoms with Crippen molar-refractivity contribution in [1.29, 1.82) is 0 Å². The molecule has 0 radical (unpaired) electrons. The molecular formula is C10H12ClNO. The van der Waals surface area contributed by atoms with Gasteiger partial charge in [0.2, 0.25) is 0 Å². The molecule has 1 aliphatic rings. The molecule has 1 fully saturated rings. The van der Waals surface area contributed by atoms with Gasteiger partial charge in [0.25, 0.3) is 0 Å². The molecule has 0 spiro atoms. The van der Waals surface area contributed by atoms with Crippen LogP contribution in [0.25, 0.3) is 0 Å². The number of halogens is 1. The largest absolute Gasteiger partial charge is 0.398 e. The van der Waals surface area contributed by atoms with Crippen molar-refractivity contribution in [1.82, 2.24) is 0 Å². The molecule has 2 rings (SSSR count). The molecule has 0 bridgehead atoms. The van der Waals surface area contributed by atoms with Crippen LogP contribution in [0, 0.1) is 0 Å². The lowest BCUT2D eigenvalue weighted by Gasteiger charge is -2.12. The van der Waals surface area contributed by atoms with Crippen LogP contribution in [0.4, 0.5) is 5.69 Å². The maximum atomic E-state index is 6.07. The predicted molar refractivity (Wildman–Crippen MR) is 53.8 cm³/mol. The Morgan fingerprint density at radius 2 is 2.31 bits per heavy atom. The Bertz CT molecular complexity index is 308. The second-order valence-corrected chi connectivity index (χ2v) is 3.63. The van der Waals surface area contributed by atoms with E-state index < -0.39 is 0 Å². The van der Waals surface area contributed by atoms with Crippen molar-refractivity contribution in [2.75, 3.05) is 12.3 Å². The number of nitrogen functional groups attached to an aromatic ring is 1. The standard InChI is InChI=1S/C10H12ClNO/c11-10-7(3-1-4-8(10)12)9-5-2-6-13-9/h1,3-4,9H,2,5-6,12H2. The van der Waals surface area contributed by atoms with Gasteiger partial charge in [-0.05, 0) is 18.9 Å². The molecule has 1 atom stereocenters. The number of nitrogens with two attached hydrogens (primary N) is 1. The Morgan fingerprint density at radius 3 is 3.00 bits per heavy atom. The van der Waals surface area contributed by atoms with E-state index in [1.807, 2.05) is 12.1 Å². The molecule has 1 unspecified atom stereocenters. The van der Waals surface area contributed by atoms with Crippen molar-refractivity contribution < 1.29 is 4.74 Å². The van der Waals surface area contributed by atoms with E-state index in [-0.39, 0.29) is 6.10 Å². The predicted octanol–water partition coefficient (Wildman–Crippen LogP) is 2.77. The van der Waals surface area contributed by atoms with Gasteiger partial charge in [-0.2, -0.15) is 0 Å². The molecule has 1 heterocycles. The minimum atomic E-state index is 0.149. The van der Waals surface area contributed by atoms with Crippen LogP contribution in [-0.4, -0.2) is 6.61 Å². The average Bonchev–Trinajstić information content (AvgIpc) is 2.62. The average molecular weight is 198 g/mol. The van der Waals surface area contributed by atoms with Crippen molar-refractivity contribution in [2.45, 2.75) is 18.9 Å². The molecule has 13 heavy (non-hydrogen) atoms. The normalized spacial score (nSPS) is 22.1. The van der Waals surface area contributed by atoms with Gasteiger partial charge in [0, 0.05) is 12.2 Å². The molecule has 2 N–H and O–H groups in total. The lowest BCUT2D eigenvalue weighted by Crippen LogP contribution is -1.98. The summed E-state index contributed by atoms with van der Waals surface area (Å²) in [5, 5.41) is 0.648. The summed E-state index contributed by atoms with van der Waals surface area (Å²) in [6.45, 7) is 0.829. The summed E-state index contributed by atoms with van der Waals surface area (Å²) in [6.07, 6.45) is 2.30. The third kappa shape index (κ3) is 1.64. The lowest BCUT2D eigenvalue weighted by atomic mass is 10.1. The van der Waals surface area contributed by atoms with Crippen LogP contribution in [0.15, 0.2) is 18.2 Å². The first-order valence-corrected chi connectivity index (χ1v) is 4.82. The molecule has 1 aromatic carbocycles. The first-order chi connectivity index (χ1) is 6.29. The van der Waals surface area contributed by atoms with E-state index in [1.54, 1.807) is 6.07 Å². The Morgan fingerprint density at radius 1 is 1.46 bits per heavy atom. The maximum Gasteiger partial charge on any atom is 0.0840 e. The minimum absolute atomic E-state index is 0.149. The highest BCUT2D eigenvalue weighted by atomic mass is 35.5. The maximum absolute atomic E-state index is 6.07. The monoisotopic (exact) mass is 197 g/mol. The fourth-order valence-electron chi connectivity index (χ4n) is 1.64. The van der Waals surface area contributed by atoms with Gasteiger partial charge in [-0.3, -0.25) is 0 Å². The van der Waals surface area contributed by atoms with Gasteiger partial charge >= 0.3 is 0 Å². The van der Waals surface area contributed by atoms with E-state index in [0.717, 1.165) is 25.0 Å². The Labute approximate surface area is 82.6 Å². The van der Waals surface area contributed by atoms with E-state index in [4.69, 9.17) is 22.1 Å². The Balaban J connectivity index is 2.33. The van der Waals surface area contributed by atoms with E-state index in [9.17, 15) is 0 Å². The number of anilines is 1. The zero-order chi connectivity index (χ0) is 9.26. The molecule has 0 aromatic heterocycles. The SMILES string of the molecule is Nc1cccc(C2CCCO2)c1Cl. The fraction of sp³-hybridized carbons (Fsp3) is 0.400. The van der Waals surface area contributed by atoms with Crippen molar-refractivity contribution in [3.63, 3.8) is 0 Å². The highest BCUT2D eigenvalue weighted by Crippen LogP contribution is 2.35. The number of hydrogen-bond donors (Lipinski definition) is 1. The van der Waals surface area contributed by atoms with Gasteiger partial charge in [-0.25, -0.2) is 0 Å². The van der Waals surface area contributed by atoms with Gasteiger partial charge in [-0.15, -0.1) is 0 Å². The van der Waals surface area contributed by atoms with E-state index >= 15 is 0 Å². The van der Waals surface area contributed by atoms with Crippen molar-refractivity contribution >= 4 is 17.3 Å². The number of hydrogen-bond acceptors (Lipinski definition) is 2. The zero-order valence-corrected chi connectivity index (χ0v) is 8.05. The zero-order valence-electron chi connectivity index (χ0n) is 7.29. The number of ether oxygens (including phenoxy) is 1. The van der Waals surface area contributed by atoms with Gasteiger partial charge < -0.3 is 10.5 Å². The molecule has 0 amide bonds. The van der Waals surface area contributed by atoms with Crippen LogP contribution in [0.3, 0.4) is 0 Å². The highest BCUT2D eigenvalue weighted by Gasteiger charge is 2.20. The Hall–Kier alpha value is -0.730.